The molecule has 8 heteroatoms. The van der Waals surface area contributed by atoms with E-state index < -0.39 is 11.7 Å². The molecule has 1 aliphatic heterocycles. The van der Waals surface area contributed by atoms with Crippen molar-refractivity contribution in [2.24, 2.45) is 0 Å². The average molecular weight is 525 g/mol. The van der Waals surface area contributed by atoms with Gasteiger partial charge in [-0.25, -0.2) is 4.39 Å². The first kappa shape index (κ1) is 26.8. The van der Waals surface area contributed by atoms with Crippen LogP contribution < -0.4 is 4.74 Å². The maximum atomic E-state index is 13.8. The van der Waals surface area contributed by atoms with Gasteiger partial charge in [-0.05, 0) is 65.2 Å². The third-order valence-corrected chi connectivity index (χ3v) is 7.62. The van der Waals surface area contributed by atoms with Crippen molar-refractivity contribution >= 4 is 23.2 Å². The minimum Gasteiger partial charge on any atom is -0.491 e. The molecule has 0 fully saturated rings. The molecule has 0 aliphatic carbocycles. The molecular formula is C29H33FN2O4S. The zero-order chi connectivity index (χ0) is 26.4. The highest BCUT2D eigenvalue weighted by Crippen LogP contribution is 2.34. The van der Waals surface area contributed by atoms with Crippen LogP contribution in [-0.2, 0) is 16.0 Å². The number of ether oxygens (including phenoxy) is 2. The molecule has 0 unspecified atom stereocenters. The van der Waals surface area contributed by atoms with E-state index in [1.54, 1.807) is 22.3 Å². The summed E-state index contributed by atoms with van der Waals surface area (Å²) in [6.45, 7) is 5.51. The summed E-state index contributed by atoms with van der Waals surface area (Å²) in [4.78, 5) is 31.2. The second kappa shape index (κ2) is 12.3. The van der Waals surface area contributed by atoms with Crippen LogP contribution in [0.25, 0.3) is 0 Å². The zero-order valence-corrected chi connectivity index (χ0v) is 22.3. The Morgan fingerprint density at radius 3 is 2.65 bits per heavy atom. The van der Waals surface area contributed by atoms with E-state index in [2.05, 4.69) is 32.0 Å². The Labute approximate surface area is 221 Å². The maximum absolute atomic E-state index is 13.8. The molecule has 6 nitrogen and oxygen atoms in total. The van der Waals surface area contributed by atoms with Gasteiger partial charge in [-0.2, -0.15) is 0 Å². The molecule has 0 bridgehead atoms. The van der Waals surface area contributed by atoms with Crippen LogP contribution in [0.2, 0.25) is 0 Å². The molecule has 2 heterocycles. The summed E-state index contributed by atoms with van der Waals surface area (Å²) in [7, 11) is 1.54. The van der Waals surface area contributed by atoms with Gasteiger partial charge in [0.05, 0.1) is 12.6 Å². The molecule has 1 atom stereocenters. The second-order valence-corrected chi connectivity index (χ2v) is 10.4. The third kappa shape index (κ3) is 6.56. The van der Waals surface area contributed by atoms with Gasteiger partial charge in [0.15, 0.2) is 0 Å². The standard InChI is InChI=1S/C29H33FN2O4S/c1-20(2)21-7-9-24(10-8-21)36-19-26-25-12-16-37-27(25)11-13-32(26)28(33)18-31(14-15-35-3)29(34)22-5-4-6-23(30)17-22/h4-10,12,16-17,20,26H,11,13-15,18-19H2,1-3H3/t26-/m0/s1. The predicted molar refractivity (Wildman–Crippen MR) is 143 cm³/mol. The zero-order valence-electron chi connectivity index (χ0n) is 21.5. The fourth-order valence-electron chi connectivity index (χ4n) is 4.51. The number of hydrogen-bond donors (Lipinski definition) is 0. The SMILES string of the molecule is COCCN(CC(=O)N1CCc2sccc2[C@@H]1COc1ccc(C(C)C)cc1)C(=O)c1cccc(F)c1. The molecule has 4 rings (SSSR count). The number of methoxy groups -OCH3 is 1. The number of benzene rings is 2. The van der Waals surface area contributed by atoms with Crippen LogP contribution in [0.1, 0.15) is 52.2 Å². The first-order chi connectivity index (χ1) is 17.9. The van der Waals surface area contributed by atoms with E-state index in [-0.39, 0.29) is 37.2 Å². The van der Waals surface area contributed by atoms with Crippen molar-refractivity contribution in [2.45, 2.75) is 32.2 Å². The lowest BCUT2D eigenvalue weighted by atomic mass is 10.00. The van der Waals surface area contributed by atoms with Gasteiger partial charge in [-0.3, -0.25) is 9.59 Å². The molecule has 1 aliphatic rings. The van der Waals surface area contributed by atoms with E-state index in [1.807, 2.05) is 17.5 Å². The van der Waals surface area contributed by atoms with E-state index in [4.69, 9.17) is 9.47 Å². The van der Waals surface area contributed by atoms with Crippen LogP contribution in [0, 0.1) is 5.82 Å². The normalized spacial score (nSPS) is 14.9. The fourth-order valence-corrected chi connectivity index (χ4v) is 5.44. The maximum Gasteiger partial charge on any atom is 0.254 e. The second-order valence-electron chi connectivity index (χ2n) is 9.42. The number of rotatable bonds is 10. The molecule has 0 saturated heterocycles. The monoisotopic (exact) mass is 524 g/mol. The van der Waals surface area contributed by atoms with Crippen LogP contribution in [0.4, 0.5) is 4.39 Å². The Bertz CT molecular complexity index is 1210. The number of carbonyl (C=O) groups is 2. The molecule has 0 radical (unpaired) electrons. The quantitative estimate of drug-likeness (QED) is 0.361. The summed E-state index contributed by atoms with van der Waals surface area (Å²) in [5.41, 5.74) is 2.52. The lowest BCUT2D eigenvalue weighted by Gasteiger charge is -2.37. The van der Waals surface area contributed by atoms with Crippen LogP contribution in [0.5, 0.6) is 5.75 Å². The Morgan fingerprint density at radius 1 is 1.16 bits per heavy atom. The van der Waals surface area contributed by atoms with Crippen molar-refractivity contribution in [2.75, 3.05) is 40.0 Å². The average Bonchev–Trinajstić information content (AvgIpc) is 3.38. The predicted octanol–water partition coefficient (Wildman–Crippen LogP) is 5.30. The Morgan fingerprint density at radius 2 is 1.95 bits per heavy atom. The summed E-state index contributed by atoms with van der Waals surface area (Å²) in [6.07, 6.45) is 0.758. The Balaban J connectivity index is 1.51. The van der Waals surface area contributed by atoms with Crippen LogP contribution in [0.15, 0.2) is 60.0 Å². The van der Waals surface area contributed by atoms with Crippen LogP contribution in [0.3, 0.4) is 0 Å². The topological polar surface area (TPSA) is 59.1 Å². The number of amides is 2. The largest absolute Gasteiger partial charge is 0.491 e. The summed E-state index contributed by atoms with van der Waals surface area (Å²) in [5.74, 6) is 0.105. The van der Waals surface area contributed by atoms with Crippen molar-refractivity contribution in [1.29, 1.82) is 0 Å². The minimum absolute atomic E-state index is 0.127. The third-order valence-electron chi connectivity index (χ3n) is 6.62. The molecule has 196 valence electrons. The number of nitrogens with zero attached hydrogens (tertiary/aromatic N) is 2. The fraction of sp³-hybridized carbons (Fsp3) is 0.379. The summed E-state index contributed by atoms with van der Waals surface area (Å²) >= 11 is 1.69. The van der Waals surface area contributed by atoms with Crippen molar-refractivity contribution in [1.82, 2.24) is 9.80 Å². The van der Waals surface area contributed by atoms with Crippen molar-refractivity contribution in [3.05, 3.63) is 87.4 Å². The summed E-state index contributed by atoms with van der Waals surface area (Å²) in [6, 6.07) is 15.3. The van der Waals surface area contributed by atoms with Gasteiger partial charge in [0, 0.05) is 30.6 Å². The first-order valence-corrected chi connectivity index (χ1v) is 13.4. The smallest absolute Gasteiger partial charge is 0.254 e. The highest BCUT2D eigenvalue weighted by molar-refractivity contribution is 7.10. The minimum atomic E-state index is -0.497. The number of hydrogen-bond acceptors (Lipinski definition) is 5. The molecule has 2 aromatic carbocycles. The Kier molecular flexibility index (Phi) is 8.95. The number of carbonyl (C=O) groups excluding carboxylic acids is 2. The van der Waals surface area contributed by atoms with Gasteiger partial charge in [0.25, 0.3) is 5.91 Å². The van der Waals surface area contributed by atoms with Crippen LogP contribution >= 0.6 is 11.3 Å². The van der Waals surface area contributed by atoms with E-state index in [9.17, 15) is 14.0 Å². The van der Waals surface area contributed by atoms with E-state index in [0.29, 0.717) is 19.1 Å². The van der Waals surface area contributed by atoms with Gasteiger partial charge in [0.2, 0.25) is 5.91 Å². The van der Waals surface area contributed by atoms with Gasteiger partial charge in [-0.1, -0.05) is 32.0 Å². The highest BCUT2D eigenvalue weighted by Gasteiger charge is 2.33. The lowest BCUT2D eigenvalue weighted by molar-refractivity contribution is -0.135. The van der Waals surface area contributed by atoms with Gasteiger partial charge in [0.1, 0.15) is 24.7 Å². The molecule has 1 aromatic heterocycles. The molecule has 0 N–H and O–H groups in total. The molecule has 0 spiro atoms. The number of fused-ring (bicyclic) bond motifs is 1. The molecule has 2 amide bonds. The molecular weight excluding hydrogens is 491 g/mol. The molecule has 37 heavy (non-hydrogen) atoms. The number of thiophene rings is 1. The van der Waals surface area contributed by atoms with Gasteiger partial charge >= 0.3 is 0 Å². The Hall–Kier alpha value is -3.23. The van der Waals surface area contributed by atoms with E-state index >= 15 is 0 Å². The number of halogens is 1. The van der Waals surface area contributed by atoms with Crippen molar-refractivity contribution in [3.63, 3.8) is 0 Å². The molecule has 3 aromatic rings. The summed E-state index contributed by atoms with van der Waals surface area (Å²) in [5, 5.41) is 2.04. The van der Waals surface area contributed by atoms with Crippen LogP contribution in [-0.4, -0.2) is 61.6 Å². The van der Waals surface area contributed by atoms with E-state index in [1.165, 1.54) is 40.6 Å². The van der Waals surface area contributed by atoms with E-state index in [0.717, 1.165) is 17.7 Å². The first-order valence-electron chi connectivity index (χ1n) is 12.5. The summed E-state index contributed by atoms with van der Waals surface area (Å²) < 4.78 is 25.1. The lowest BCUT2D eigenvalue weighted by Crippen LogP contribution is -2.48. The highest BCUT2D eigenvalue weighted by atomic mass is 32.1. The van der Waals surface area contributed by atoms with Gasteiger partial charge in [-0.15, -0.1) is 11.3 Å². The van der Waals surface area contributed by atoms with Crippen molar-refractivity contribution < 1.29 is 23.5 Å². The van der Waals surface area contributed by atoms with Gasteiger partial charge < -0.3 is 19.3 Å². The molecule has 0 saturated carbocycles. The van der Waals surface area contributed by atoms with Crippen molar-refractivity contribution in [3.8, 4) is 5.75 Å².